The van der Waals surface area contributed by atoms with Crippen molar-refractivity contribution < 1.29 is 29.6 Å². The normalized spacial score (nSPS) is 14.3. The molecule has 4 N–H and O–H groups in total. The summed E-state index contributed by atoms with van der Waals surface area (Å²) in [5.74, 6) is -1.18. The van der Waals surface area contributed by atoms with Gasteiger partial charge in [-0.3, -0.25) is 0 Å². The molecule has 2 aromatic carbocycles. The highest BCUT2D eigenvalue weighted by atomic mass is 32.1. The van der Waals surface area contributed by atoms with Gasteiger partial charge in [-0.25, -0.2) is 14.6 Å². The van der Waals surface area contributed by atoms with E-state index in [0.29, 0.717) is 0 Å². The number of fused-ring (bicyclic) bond motifs is 3. The van der Waals surface area contributed by atoms with Gasteiger partial charge in [0.1, 0.15) is 22.6 Å². The van der Waals surface area contributed by atoms with Crippen LogP contribution in [-0.2, 0) is 4.74 Å². The number of benzene rings is 2. The van der Waals surface area contributed by atoms with Crippen LogP contribution in [0.2, 0.25) is 0 Å². The zero-order valence-electron chi connectivity index (χ0n) is 17.9. The third kappa shape index (κ3) is 4.75. The van der Waals surface area contributed by atoms with Crippen LogP contribution in [0.15, 0.2) is 48.5 Å². The van der Waals surface area contributed by atoms with E-state index in [1.165, 1.54) is 6.92 Å². The predicted molar refractivity (Wildman–Crippen MR) is 122 cm³/mol. The molecule has 1 aliphatic rings. The van der Waals surface area contributed by atoms with Crippen LogP contribution in [0.3, 0.4) is 0 Å². The van der Waals surface area contributed by atoms with Crippen molar-refractivity contribution in [3.05, 3.63) is 75.2 Å². The molecule has 1 aliphatic carbocycles. The van der Waals surface area contributed by atoms with Gasteiger partial charge in [0.25, 0.3) is 0 Å². The fourth-order valence-electron chi connectivity index (χ4n) is 4.04. The minimum atomic E-state index is -1.34. The lowest BCUT2D eigenvalue weighted by molar-refractivity contribution is 0.0135. The van der Waals surface area contributed by atoms with Crippen molar-refractivity contribution >= 4 is 23.4 Å². The second-order valence-electron chi connectivity index (χ2n) is 7.82. The maximum atomic E-state index is 12.2. The molecule has 9 heteroatoms. The van der Waals surface area contributed by atoms with Crippen LogP contribution >= 0.6 is 11.3 Å². The summed E-state index contributed by atoms with van der Waals surface area (Å²) in [6.45, 7) is 1.79. The average molecular weight is 469 g/mol. The second-order valence-corrected chi connectivity index (χ2v) is 8.86. The largest absolute Gasteiger partial charge is 0.477 e. The SMILES string of the molecule is Cc1nc(C(O)C(O)CCNC(=O)OCC2c3ccccc3-c3ccccc32)sc1C(=O)O. The van der Waals surface area contributed by atoms with E-state index in [4.69, 9.17) is 9.84 Å². The number of carbonyl (C=O) groups excluding carboxylic acids is 1. The van der Waals surface area contributed by atoms with Gasteiger partial charge in [0.2, 0.25) is 0 Å². The highest BCUT2D eigenvalue weighted by molar-refractivity contribution is 7.13. The first kappa shape index (κ1) is 22.9. The summed E-state index contributed by atoms with van der Waals surface area (Å²) in [4.78, 5) is 27.4. The zero-order valence-corrected chi connectivity index (χ0v) is 18.7. The number of alkyl carbamates (subject to hydrolysis) is 1. The Bertz CT molecular complexity index is 1130. The van der Waals surface area contributed by atoms with Gasteiger partial charge in [-0.1, -0.05) is 48.5 Å². The lowest BCUT2D eigenvalue weighted by Crippen LogP contribution is -2.30. The molecule has 0 radical (unpaired) electrons. The van der Waals surface area contributed by atoms with Gasteiger partial charge in [-0.15, -0.1) is 11.3 Å². The molecule has 0 fully saturated rings. The number of hydrogen-bond donors (Lipinski definition) is 4. The highest BCUT2D eigenvalue weighted by Gasteiger charge is 2.29. The van der Waals surface area contributed by atoms with Gasteiger partial charge < -0.3 is 25.4 Å². The van der Waals surface area contributed by atoms with Crippen molar-refractivity contribution in [2.45, 2.75) is 31.5 Å². The Kier molecular flexibility index (Phi) is 6.73. The van der Waals surface area contributed by atoms with Crippen LogP contribution in [0.25, 0.3) is 11.1 Å². The lowest BCUT2D eigenvalue weighted by Gasteiger charge is -2.17. The van der Waals surface area contributed by atoms with Crippen LogP contribution in [-0.4, -0.2) is 51.6 Å². The molecule has 1 heterocycles. The molecule has 4 rings (SSSR count). The molecule has 0 saturated carbocycles. The fraction of sp³-hybridized carbons (Fsp3) is 0.292. The maximum absolute atomic E-state index is 12.2. The quantitative estimate of drug-likeness (QED) is 0.398. The van der Waals surface area contributed by atoms with Crippen LogP contribution in [0.5, 0.6) is 0 Å². The van der Waals surface area contributed by atoms with E-state index in [1.807, 2.05) is 36.4 Å². The molecule has 0 bridgehead atoms. The third-order valence-corrected chi connectivity index (χ3v) is 6.89. The maximum Gasteiger partial charge on any atom is 0.407 e. The molecule has 0 saturated heterocycles. The molecule has 1 aromatic heterocycles. The van der Waals surface area contributed by atoms with E-state index in [0.717, 1.165) is 33.6 Å². The number of aromatic nitrogens is 1. The van der Waals surface area contributed by atoms with Crippen molar-refractivity contribution in [1.29, 1.82) is 0 Å². The standard InChI is InChI=1S/C24H24N2O6S/c1-13-21(23(29)30)33-22(26-13)20(28)19(27)10-11-25-24(31)32-12-18-16-8-4-2-6-14(16)15-7-3-5-9-17(15)18/h2-9,18-20,27-28H,10-12H2,1H3,(H,25,31)(H,29,30). The number of carboxylic acids is 1. The van der Waals surface area contributed by atoms with Crippen LogP contribution in [0.1, 0.15) is 49.9 Å². The van der Waals surface area contributed by atoms with E-state index in [2.05, 4.69) is 22.4 Å². The number of aromatic carboxylic acids is 1. The minimum absolute atomic E-state index is 0.0213. The van der Waals surface area contributed by atoms with E-state index in [1.54, 1.807) is 0 Å². The number of ether oxygens (including phenoxy) is 1. The highest BCUT2D eigenvalue weighted by Crippen LogP contribution is 2.44. The number of carbonyl (C=O) groups is 2. The Morgan fingerprint density at radius 3 is 2.27 bits per heavy atom. The number of carboxylic acid groups (broad SMARTS) is 1. The van der Waals surface area contributed by atoms with E-state index >= 15 is 0 Å². The topological polar surface area (TPSA) is 129 Å². The van der Waals surface area contributed by atoms with Crippen molar-refractivity contribution in [3.63, 3.8) is 0 Å². The Hall–Kier alpha value is -3.27. The number of aliphatic hydroxyl groups excluding tert-OH is 2. The summed E-state index contributed by atoms with van der Waals surface area (Å²) < 4.78 is 5.44. The molecule has 1 amide bonds. The molecule has 172 valence electrons. The Morgan fingerprint density at radius 2 is 1.70 bits per heavy atom. The van der Waals surface area contributed by atoms with Crippen molar-refractivity contribution in [3.8, 4) is 11.1 Å². The third-order valence-electron chi connectivity index (χ3n) is 5.68. The first-order valence-electron chi connectivity index (χ1n) is 10.5. The van der Waals surface area contributed by atoms with Crippen molar-refractivity contribution in [2.75, 3.05) is 13.2 Å². The number of nitrogens with one attached hydrogen (secondary N) is 1. The monoisotopic (exact) mass is 468 g/mol. The van der Waals surface area contributed by atoms with E-state index < -0.39 is 24.3 Å². The smallest absolute Gasteiger partial charge is 0.407 e. The number of rotatable bonds is 8. The molecular weight excluding hydrogens is 444 g/mol. The Labute approximate surface area is 194 Å². The molecule has 0 aliphatic heterocycles. The summed E-state index contributed by atoms with van der Waals surface area (Å²) in [5.41, 5.74) is 4.80. The lowest BCUT2D eigenvalue weighted by atomic mass is 9.98. The Balaban J connectivity index is 1.28. The van der Waals surface area contributed by atoms with Gasteiger partial charge in [0.15, 0.2) is 0 Å². The Morgan fingerprint density at radius 1 is 1.09 bits per heavy atom. The first-order chi connectivity index (χ1) is 15.9. The molecular formula is C24H24N2O6S. The second kappa shape index (κ2) is 9.70. The average Bonchev–Trinajstić information content (AvgIpc) is 3.35. The molecule has 2 unspecified atom stereocenters. The summed E-state index contributed by atoms with van der Waals surface area (Å²) in [6.07, 6.45) is -3.12. The summed E-state index contributed by atoms with van der Waals surface area (Å²) in [7, 11) is 0. The van der Waals surface area contributed by atoms with Crippen LogP contribution < -0.4 is 5.32 Å². The number of hydrogen-bond acceptors (Lipinski definition) is 7. The number of aryl methyl sites for hydroxylation is 1. The fourth-order valence-corrected chi connectivity index (χ4v) is 4.99. The van der Waals surface area contributed by atoms with Crippen molar-refractivity contribution in [2.24, 2.45) is 0 Å². The molecule has 33 heavy (non-hydrogen) atoms. The molecule has 0 spiro atoms. The van der Waals surface area contributed by atoms with E-state index in [9.17, 15) is 19.8 Å². The van der Waals surface area contributed by atoms with Gasteiger partial charge in [0, 0.05) is 12.5 Å². The minimum Gasteiger partial charge on any atom is -0.477 e. The summed E-state index contributed by atoms with van der Waals surface area (Å²) in [5, 5.41) is 32.3. The van der Waals surface area contributed by atoms with Crippen LogP contribution in [0.4, 0.5) is 4.79 Å². The van der Waals surface area contributed by atoms with Gasteiger partial charge in [-0.05, 0) is 35.6 Å². The summed E-state index contributed by atoms with van der Waals surface area (Å²) in [6, 6.07) is 16.1. The number of aliphatic hydroxyl groups is 2. The van der Waals surface area contributed by atoms with Gasteiger partial charge in [0.05, 0.1) is 11.8 Å². The molecule has 8 nitrogen and oxygen atoms in total. The van der Waals surface area contributed by atoms with Gasteiger partial charge in [-0.2, -0.15) is 0 Å². The first-order valence-corrected chi connectivity index (χ1v) is 11.3. The molecule has 3 aromatic rings. The number of nitrogens with zero attached hydrogens (tertiary/aromatic N) is 1. The van der Waals surface area contributed by atoms with Crippen LogP contribution in [0, 0.1) is 6.92 Å². The number of thiazole rings is 1. The predicted octanol–water partition coefficient (Wildman–Crippen LogP) is 3.47. The number of amides is 1. The van der Waals surface area contributed by atoms with Crippen molar-refractivity contribution in [1.82, 2.24) is 10.3 Å². The van der Waals surface area contributed by atoms with Gasteiger partial charge >= 0.3 is 12.1 Å². The van der Waals surface area contributed by atoms with E-state index in [-0.39, 0.29) is 41.1 Å². The molecule has 2 atom stereocenters. The summed E-state index contributed by atoms with van der Waals surface area (Å²) >= 11 is 0.822. The zero-order chi connectivity index (χ0) is 23.5.